The number of nitrogens with two attached hydrogens (primary N) is 1. The fourth-order valence-corrected chi connectivity index (χ4v) is 1.87. The van der Waals surface area contributed by atoms with Crippen LogP contribution in [0, 0.1) is 18.3 Å². The lowest BCUT2D eigenvalue weighted by Gasteiger charge is -2.10. The van der Waals surface area contributed by atoms with Gasteiger partial charge < -0.3 is 15.8 Å². The average Bonchev–Trinajstić information content (AvgIpc) is 2.45. The van der Waals surface area contributed by atoms with Crippen LogP contribution in [-0.4, -0.2) is 13.2 Å². The maximum Gasteiger partial charge on any atom is 0.119 e. The van der Waals surface area contributed by atoms with Crippen LogP contribution in [0.2, 0.25) is 0 Å². The second-order valence-electron chi connectivity index (χ2n) is 4.51. The van der Waals surface area contributed by atoms with Crippen LogP contribution in [0.4, 0.5) is 11.4 Å². The van der Waals surface area contributed by atoms with Crippen LogP contribution in [0.3, 0.4) is 0 Å². The van der Waals surface area contributed by atoms with Crippen molar-refractivity contribution in [3.05, 3.63) is 53.6 Å². The van der Waals surface area contributed by atoms with Gasteiger partial charge in [-0.15, -0.1) is 0 Å². The molecule has 3 N–H and O–H groups in total. The van der Waals surface area contributed by atoms with E-state index in [2.05, 4.69) is 11.4 Å². The summed E-state index contributed by atoms with van der Waals surface area (Å²) in [5.41, 5.74) is 8.71. The van der Waals surface area contributed by atoms with Crippen molar-refractivity contribution < 1.29 is 4.74 Å². The Morgan fingerprint density at radius 2 is 2.10 bits per heavy atom. The summed E-state index contributed by atoms with van der Waals surface area (Å²) in [5.74, 6) is 0.851. The first-order valence-corrected chi connectivity index (χ1v) is 6.42. The molecule has 0 bridgehead atoms. The molecule has 0 saturated carbocycles. The van der Waals surface area contributed by atoms with E-state index in [1.165, 1.54) is 5.56 Å². The van der Waals surface area contributed by atoms with Crippen molar-refractivity contribution in [2.24, 2.45) is 0 Å². The number of benzene rings is 2. The molecule has 0 fully saturated rings. The molecule has 0 aliphatic carbocycles. The van der Waals surface area contributed by atoms with Crippen LogP contribution < -0.4 is 15.8 Å². The van der Waals surface area contributed by atoms with E-state index in [1.807, 2.05) is 31.2 Å². The van der Waals surface area contributed by atoms with E-state index in [1.54, 1.807) is 18.2 Å². The van der Waals surface area contributed by atoms with Crippen LogP contribution in [0.15, 0.2) is 42.5 Å². The Morgan fingerprint density at radius 3 is 2.85 bits per heavy atom. The maximum atomic E-state index is 9.03. The highest BCUT2D eigenvalue weighted by Crippen LogP contribution is 2.17. The minimum atomic E-state index is 0.526. The predicted molar refractivity (Wildman–Crippen MR) is 80.7 cm³/mol. The van der Waals surface area contributed by atoms with Crippen molar-refractivity contribution in [2.45, 2.75) is 6.92 Å². The van der Waals surface area contributed by atoms with Gasteiger partial charge in [0.1, 0.15) is 18.4 Å². The first kappa shape index (κ1) is 13.8. The Kier molecular flexibility index (Phi) is 4.46. The summed E-state index contributed by atoms with van der Waals surface area (Å²) in [7, 11) is 0. The van der Waals surface area contributed by atoms with E-state index < -0.39 is 0 Å². The Morgan fingerprint density at radius 1 is 1.25 bits per heavy atom. The lowest BCUT2D eigenvalue weighted by molar-refractivity contribution is 0.332. The molecule has 2 rings (SSSR count). The Hall–Kier alpha value is -2.67. The zero-order valence-electron chi connectivity index (χ0n) is 11.4. The third kappa shape index (κ3) is 3.66. The van der Waals surface area contributed by atoms with Crippen molar-refractivity contribution in [2.75, 3.05) is 24.2 Å². The van der Waals surface area contributed by atoms with Crippen LogP contribution in [-0.2, 0) is 0 Å². The Labute approximate surface area is 118 Å². The van der Waals surface area contributed by atoms with Gasteiger partial charge in [-0.3, -0.25) is 0 Å². The molecule has 2 aromatic carbocycles. The maximum absolute atomic E-state index is 9.03. The minimum Gasteiger partial charge on any atom is -0.492 e. The molecule has 2 aromatic rings. The molecular weight excluding hydrogens is 250 g/mol. The standard InChI is InChI=1S/C16H17N3O/c1-12-3-2-4-15(9-12)20-8-7-19-16-6-5-14(18)10-13(16)11-17/h2-6,9-10,19H,7-8,18H2,1H3. The van der Waals surface area contributed by atoms with Gasteiger partial charge in [-0.25, -0.2) is 0 Å². The van der Waals surface area contributed by atoms with Gasteiger partial charge in [0.15, 0.2) is 0 Å². The molecule has 0 atom stereocenters. The smallest absolute Gasteiger partial charge is 0.119 e. The summed E-state index contributed by atoms with van der Waals surface area (Å²) >= 11 is 0. The highest BCUT2D eigenvalue weighted by Gasteiger charge is 2.01. The van der Waals surface area contributed by atoms with Gasteiger partial charge in [0.25, 0.3) is 0 Å². The summed E-state index contributed by atoms with van der Waals surface area (Å²) < 4.78 is 5.64. The van der Waals surface area contributed by atoms with E-state index in [0.29, 0.717) is 24.4 Å². The van der Waals surface area contributed by atoms with Crippen molar-refractivity contribution >= 4 is 11.4 Å². The topological polar surface area (TPSA) is 71.1 Å². The molecule has 102 valence electrons. The van der Waals surface area contributed by atoms with Gasteiger partial charge in [-0.05, 0) is 42.8 Å². The highest BCUT2D eigenvalue weighted by molar-refractivity contribution is 5.62. The third-order valence-electron chi connectivity index (χ3n) is 2.84. The Balaban J connectivity index is 1.86. The van der Waals surface area contributed by atoms with E-state index in [-0.39, 0.29) is 0 Å². The van der Waals surface area contributed by atoms with Crippen molar-refractivity contribution in [3.63, 3.8) is 0 Å². The molecule has 4 nitrogen and oxygen atoms in total. The van der Waals surface area contributed by atoms with Gasteiger partial charge in [-0.2, -0.15) is 5.26 Å². The summed E-state index contributed by atoms with van der Waals surface area (Å²) in [4.78, 5) is 0. The molecule has 0 radical (unpaired) electrons. The number of ether oxygens (including phenoxy) is 1. The van der Waals surface area contributed by atoms with Crippen LogP contribution >= 0.6 is 0 Å². The summed E-state index contributed by atoms with van der Waals surface area (Å²) in [6.45, 7) is 3.17. The number of nitrogens with zero attached hydrogens (tertiary/aromatic N) is 1. The fraction of sp³-hybridized carbons (Fsp3) is 0.188. The van der Waals surface area contributed by atoms with Crippen LogP contribution in [0.1, 0.15) is 11.1 Å². The lowest BCUT2D eigenvalue weighted by atomic mass is 10.2. The molecule has 0 aliphatic rings. The minimum absolute atomic E-state index is 0.526. The number of anilines is 2. The van der Waals surface area contributed by atoms with E-state index in [9.17, 15) is 0 Å². The SMILES string of the molecule is Cc1cccc(OCCNc2ccc(N)cc2C#N)c1. The van der Waals surface area contributed by atoms with Gasteiger partial charge in [0.05, 0.1) is 11.3 Å². The van der Waals surface area contributed by atoms with E-state index >= 15 is 0 Å². The molecular formula is C16H17N3O. The Bertz CT molecular complexity index is 632. The molecule has 0 amide bonds. The summed E-state index contributed by atoms with van der Waals surface area (Å²) in [5, 5.41) is 12.2. The van der Waals surface area contributed by atoms with Crippen molar-refractivity contribution in [3.8, 4) is 11.8 Å². The number of hydrogen-bond acceptors (Lipinski definition) is 4. The van der Waals surface area contributed by atoms with E-state index in [0.717, 1.165) is 11.4 Å². The summed E-state index contributed by atoms with van der Waals surface area (Å²) in [6.07, 6.45) is 0. The summed E-state index contributed by atoms with van der Waals surface area (Å²) in [6, 6.07) is 15.3. The van der Waals surface area contributed by atoms with Gasteiger partial charge in [0.2, 0.25) is 0 Å². The second kappa shape index (κ2) is 6.48. The predicted octanol–water partition coefficient (Wildman–Crippen LogP) is 2.94. The van der Waals surface area contributed by atoms with E-state index in [4.69, 9.17) is 15.7 Å². The second-order valence-corrected chi connectivity index (χ2v) is 4.51. The number of nitrogens with one attached hydrogen (secondary N) is 1. The largest absolute Gasteiger partial charge is 0.492 e. The van der Waals surface area contributed by atoms with Gasteiger partial charge in [-0.1, -0.05) is 12.1 Å². The first-order chi connectivity index (χ1) is 9.69. The van der Waals surface area contributed by atoms with Crippen LogP contribution in [0.25, 0.3) is 0 Å². The molecule has 0 saturated heterocycles. The molecule has 0 unspecified atom stereocenters. The molecule has 0 spiro atoms. The number of aryl methyl sites for hydroxylation is 1. The zero-order chi connectivity index (χ0) is 14.4. The fourth-order valence-electron chi connectivity index (χ4n) is 1.87. The molecule has 0 aromatic heterocycles. The normalized spacial score (nSPS) is 9.80. The number of nitrogen functional groups attached to an aromatic ring is 1. The molecule has 4 heteroatoms. The van der Waals surface area contributed by atoms with Crippen molar-refractivity contribution in [1.82, 2.24) is 0 Å². The van der Waals surface area contributed by atoms with Gasteiger partial charge >= 0.3 is 0 Å². The monoisotopic (exact) mass is 267 g/mol. The van der Waals surface area contributed by atoms with Crippen molar-refractivity contribution in [1.29, 1.82) is 5.26 Å². The average molecular weight is 267 g/mol. The highest BCUT2D eigenvalue weighted by atomic mass is 16.5. The number of nitriles is 1. The van der Waals surface area contributed by atoms with Gasteiger partial charge in [0, 0.05) is 12.2 Å². The first-order valence-electron chi connectivity index (χ1n) is 6.42. The molecule has 0 aliphatic heterocycles. The quantitative estimate of drug-likeness (QED) is 0.645. The number of hydrogen-bond donors (Lipinski definition) is 2. The molecule has 0 heterocycles. The van der Waals surface area contributed by atoms with Crippen LogP contribution in [0.5, 0.6) is 5.75 Å². The number of rotatable bonds is 5. The molecule has 20 heavy (non-hydrogen) atoms. The lowest BCUT2D eigenvalue weighted by Crippen LogP contribution is -2.12. The third-order valence-corrected chi connectivity index (χ3v) is 2.84. The zero-order valence-corrected chi connectivity index (χ0v) is 11.4.